The summed E-state index contributed by atoms with van der Waals surface area (Å²) in [6.07, 6.45) is 2.27. The second-order valence-electron chi connectivity index (χ2n) is 4.70. The summed E-state index contributed by atoms with van der Waals surface area (Å²) in [5.41, 5.74) is 0. The SMILES string of the molecule is COc1ccsc1C(=O)N1CCCC1CC(C)O. The van der Waals surface area contributed by atoms with Crippen molar-refractivity contribution in [3.63, 3.8) is 0 Å². The molecule has 0 radical (unpaired) electrons. The minimum Gasteiger partial charge on any atom is -0.495 e. The molecule has 1 amide bonds. The maximum atomic E-state index is 12.5. The van der Waals surface area contributed by atoms with Crippen molar-refractivity contribution in [2.24, 2.45) is 0 Å². The Bertz CT molecular complexity index is 416. The summed E-state index contributed by atoms with van der Waals surface area (Å²) >= 11 is 1.41. The van der Waals surface area contributed by atoms with Crippen molar-refractivity contribution in [3.8, 4) is 5.75 Å². The van der Waals surface area contributed by atoms with Gasteiger partial charge in [-0.3, -0.25) is 4.79 Å². The van der Waals surface area contributed by atoms with Gasteiger partial charge in [0.1, 0.15) is 10.6 Å². The molecular weight excluding hydrogens is 250 g/mol. The standard InChI is InChI=1S/C13H19NO3S/c1-9(15)8-10-4-3-6-14(10)13(16)12-11(17-2)5-7-18-12/h5,7,9-10,15H,3-4,6,8H2,1-2H3. The molecule has 5 heteroatoms. The van der Waals surface area contributed by atoms with Crippen LogP contribution in [0.4, 0.5) is 0 Å². The van der Waals surface area contributed by atoms with Crippen LogP contribution in [0.15, 0.2) is 11.4 Å². The first-order valence-corrected chi connectivity index (χ1v) is 7.12. The lowest BCUT2D eigenvalue weighted by Gasteiger charge is -2.25. The van der Waals surface area contributed by atoms with Gasteiger partial charge < -0.3 is 14.7 Å². The van der Waals surface area contributed by atoms with E-state index in [4.69, 9.17) is 4.74 Å². The molecule has 0 aliphatic carbocycles. The lowest BCUT2D eigenvalue weighted by molar-refractivity contribution is 0.0684. The van der Waals surface area contributed by atoms with E-state index in [1.807, 2.05) is 16.3 Å². The van der Waals surface area contributed by atoms with Crippen molar-refractivity contribution in [2.75, 3.05) is 13.7 Å². The zero-order chi connectivity index (χ0) is 13.1. The maximum Gasteiger partial charge on any atom is 0.267 e. The van der Waals surface area contributed by atoms with Crippen LogP contribution in [0.25, 0.3) is 0 Å². The van der Waals surface area contributed by atoms with Gasteiger partial charge in [0.05, 0.1) is 13.2 Å². The first kappa shape index (κ1) is 13.4. The minimum absolute atomic E-state index is 0.0324. The van der Waals surface area contributed by atoms with Crippen LogP contribution in [0, 0.1) is 0 Å². The van der Waals surface area contributed by atoms with Crippen molar-refractivity contribution in [3.05, 3.63) is 16.3 Å². The number of ether oxygens (including phenoxy) is 1. The van der Waals surface area contributed by atoms with Gasteiger partial charge in [-0.2, -0.15) is 0 Å². The number of nitrogens with zero attached hydrogens (tertiary/aromatic N) is 1. The highest BCUT2D eigenvalue weighted by molar-refractivity contribution is 7.12. The Hall–Kier alpha value is -1.07. The third-order valence-electron chi connectivity index (χ3n) is 3.29. The van der Waals surface area contributed by atoms with E-state index in [0.29, 0.717) is 17.0 Å². The average molecular weight is 269 g/mol. The Labute approximate surface area is 111 Å². The molecular formula is C13H19NO3S. The third kappa shape index (κ3) is 2.67. The third-order valence-corrected chi connectivity index (χ3v) is 4.18. The van der Waals surface area contributed by atoms with E-state index in [2.05, 4.69) is 0 Å². The van der Waals surface area contributed by atoms with Gasteiger partial charge in [0.25, 0.3) is 5.91 Å². The van der Waals surface area contributed by atoms with E-state index in [-0.39, 0.29) is 18.1 Å². The molecule has 2 unspecified atom stereocenters. The minimum atomic E-state index is -0.367. The number of aliphatic hydroxyl groups excluding tert-OH is 1. The highest BCUT2D eigenvalue weighted by atomic mass is 32.1. The number of rotatable bonds is 4. The number of carbonyl (C=O) groups is 1. The second-order valence-corrected chi connectivity index (χ2v) is 5.61. The number of carbonyl (C=O) groups excluding carboxylic acids is 1. The van der Waals surface area contributed by atoms with Crippen LogP contribution in [-0.4, -0.2) is 41.7 Å². The zero-order valence-corrected chi connectivity index (χ0v) is 11.6. The van der Waals surface area contributed by atoms with Crippen LogP contribution in [-0.2, 0) is 0 Å². The molecule has 100 valence electrons. The lowest BCUT2D eigenvalue weighted by Crippen LogP contribution is -2.36. The van der Waals surface area contributed by atoms with E-state index in [1.54, 1.807) is 14.0 Å². The summed E-state index contributed by atoms with van der Waals surface area (Å²) in [7, 11) is 1.58. The van der Waals surface area contributed by atoms with Crippen LogP contribution in [0.5, 0.6) is 5.75 Å². The van der Waals surface area contributed by atoms with Crippen LogP contribution < -0.4 is 4.74 Å². The summed E-state index contributed by atoms with van der Waals surface area (Å²) in [4.78, 5) is 15.0. The molecule has 2 rings (SSSR count). The Morgan fingerprint density at radius 2 is 2.50 bits per heavy atom. The molecule has 1 aliphatic rings. The first-order chi connectivity index (χ1) is 8.63. The molecule has 2 atom stereocenters. The highest BCUT2D eigenvalue weighted by Gasteiger charge is 2.31. The number of thiophene rings is 1. The molecule has 1 saturated heterocycles. The molecule has 0 bridgehead atoms. The normalized spacial score (nSPS) is 21.1. The van der Waals surface area contributed by atoms with Crippen LogP contribution in [0.2, 0.25) is 0 Å². The van der Waals surface area contributed by atoms with Crippen molar-refractivity contribution in [1.82, 2.24) is 4.90 Å². The smallest absolute Gasteiger partial charge is 0.267 e. The quantitative estimate of drug-likeness (QED) is 0.911. The Morgan fingerprint density at radius 1 is 1.72 bits per heavy atom. The fourth-order valence-electron chi connectivity index (χ4n) is 2.49. The van der Waals surface area contributed by atoms with E-state index in [9.17, 15) is 9.90 Å². The molecule has 1 aromatic heterocycles. The highest BCUT2D eigenvalue weighted by Crippen LogP contribution is 2.30. The average Bonchev–Trinajstić information content (AvgIpc) is 2.95. The summed E-state index contributed by atoms with van der Waals surface area (Å²) in [5.74, 6) is 0.678. The van der Waals surface area contributed by atoms with Crippen molar-refractivity contribution in [1.29, 1.82) is 0 Å². The van der Waals surface area contributed by atoms with Crippen LogP contribution in [0.3, 0.4) is 0 Å². The van der Waals surface area contributed by atoms with Gasteiger partial charge in [-0.05, 0) is 37.6 Å². The topological polar surface area (TPSA) is 49.8 Å². The Balaban J connectivity index is 2.13. The molecule has 1 aliphatic heterocycles. The molecule has 0 spiro atoms. The van der Waals surface area contributed by atoms with E-state index in [1.165, 1.54) is 11.3 Å². The fraction of sp³-hybridized carbons (Fsp3) is 0.615. The molecule has 0 saturated carbocycles. The second kappa shape index (κ2) is 5.71. The van der Waals surface area contributed by atoms with Crippen LogP contribution >= 0.6 is 11.3 Å². The lowest BCUT2D eigenvalue weighted by atomic mass is 10.1. The number of hydrogen-bond acceptors (Lipinski definition) is 4. The predicted molar refractivity (Wildman–Crippen MR) is 71.2 cm³/mol. The van der Waals surface area contributed by atoms with Crippen LogP contribution in [0.1, 0.15) is 35.9 Å². The van der Waals surface area contributed by atoms with Crippen molar-refractivity contribution < 1.29 is 14.6 Å². The summed E-state index contributed by atoms with van der Waals surface area (Å²) in [5, 5.41) is 11.4. The summed E-state index contributed by atoms with van der Waals surface area (Å²) in [6.45, 7) is 2.55. The van der Waals surface area contributed by atoms with Gasteiger partial charge in [0.15, 0.2) is 0 Å². The molecule has 18 heavy (non-hydrogen) atoms. The predicted octanol–water partition coefficient (Wildman–Crippen LogP) is 2.13. The number of likely N-dealkylation sites (tertiary alicyclic amines) is 1. The van der Waals surface area contributed by atoms with Crippen molar-refractivity contribution >= 4 is 17.2 Å². The monoisotopic (exact) mass is 269 g/mol. The molecule has 2 heterocycles. The zero-order valence-electron chi connectivity index (χ0n) is 10.8. The number of aliphatic hydroxyl groups is 1. The number of amides is 1. The number of hydrogen-bond donors (Lipinski definition) is 1. The van der Waals surface area contributed by atoms with Gasteiger partial charge in [-0.25, -0.2) is 0 Å². The van der Waals surface area contributed by atoms with Gasteiger partial charge >= 0.3 is 0 Å². The molecule has 0 aromatic carbocycles. The Kier molecular flexibility index (Phi) is 4.24. The van der Waals surface area contributed by atoms with Gasteiger partial charge in [0, 0.05) is 12.6 Å². The van der Waals surface area contributed by atoms with E-state index >= 15 is 0 Å². The maximum absolute atomic E-state index is 12.5. The van der Waals surface area contributed by atoms with Gasteiger partial charge in [-0.15, -0.1) is 11.3 Å². The summed E-state index contributed by atoms with van der Waals surface area (Å²) in [6, 6.07) is 1.97. The largest absolute Gasteiger partial charge is 0.495 e. The van der Waals surface area contributed by atoms with Gasteiger partial charge in [0.2, 0.25) is 0 Å². The van der Waals surface area contributed by atoms with Gasteiger partial charge in [-0.1, -0.05) is 0 Å². The summed E-state index contributed by atoms with van der Waals surface area (Å²) < 4.78 is 5.20. The number of methoxy groups -OCH3 is 1. The molecule has 1 aromatic rings. The molecule has 1 fully saturated rings. The van der Waals surface area contributed by atoms with E-state index in [0.717, 1.165) is 19.4 Å². The fourth-order valence-corrected chi connectivity index (χ4v) is 3.30. The molecule has 4 nitrogen and oxygen atoms in total. The van der Waals surface area contributed by atoms with Crippen molar-refractivity contribution in [2.45, 2.75) is 38.3 Å². The Morgan fingerprint density at radius 3 is 3.17 bits per heavy atom. The van der Waals surface area contributed by atoms with E-state index < -0.39 is 0 Å². The first-order valence-electron chi connectivity index (χ1n) is 6.24. The molecule has 1 N–H and O–H groups in total.